The lowest BCUT2D eigenvalue weighted by Gasteiger charge is -2.21. The van der Waals surface area contributed by atoms with Crippen LogP contribution in [0.25, 0.3) is 0 Å². The highest BCUT2D eigenvalue weighted by molar-refractivity contribution is 5.71. The summed E-state index contributed by atoms with van der Waals surface area (Å²) in [6, 6.07) is 9.81. The predicted octanol–water partition coefficient (Wildman–Crippen LogP) is 2.03. The van der Waals surface area contributed by atoms with Gasteiger partial charge in [-0.25, -0.2) is 5.10 Å². The van der Waals surface area contributed by atoms with Gasteiger partial charge in [-0.15, -0.1) is 5.10 Å². The third-order valence-electron chi connectivity index (χ3n) is 3.41. The molecule has 2 aromatic rings. The molecule has 2 rings (SSSR count). The summed E-state index contributed by atoms with van der Waals surface area (Å²) in [7, 11) is 0. The summed E-state index contributed by atoms with van der Waals surface area (Å²) in [5, 5.41) is 23.2. The maximum atomic E-state index is 11.5. The van der Waals surface area contributed by atoms with Gasteiger partial charge in [0, 0.05) is 5.92 Å². The van der Waals surface area contributed by atoms with Crippen molar-refractivity contribution >= 4 is 5.97 Å². The number of hydrogen-bond donors (Lipinski definition) is 2. The molecular weight excluding hydrogens is 256 g/mol. The van der Waals surface area contributed by atoms with Crippen LogP contribution in [-0.4, -0.2) is 31.7 Å². The van der Waals surface area contributed by atoms with E-state index in [-0.39, 0.29) is 5.92 Å². The molecule has 1 aromatic carbocycles. The topological polar surface area (TPSA) is 91.8 Å². The van der Waals surface area contributed by atoms with Crippen molar-refractivity contribution in [3.63, 3.8) is 0 Å². The van der Waals surface area contributed by atoms with Crippen LogP contribution in [0.2, 0.25) is 0 Å². The molecule has 2 N–H and O–H groups in total. The summed E-state index contributed by atoms with van der Waals surface area (Å²) in [5.41, 5.74) is 1.08. The van der Waals surface area contributed by atoms with Crippen LogP contribution in [0, 0.1) is 5.92 Å². The molecule has 0 amide bonds. The zero-order chi connectivity index (χ0) is 14.4. The summed E-state index contributed by atoms with van der Waals surface area (Å²) in [5.74, 6) is -1.00. The van der Waals surface area contributed by atoms with Gasteiger partial charge < -0.3 is 5.11 Å². The Morgan fingerprint density at radius 3 is 2.65 bits per heavy atom. The normalized spacial score (nSPS) is 13.8. The van der Waals surface area contributed by atoms with Crippen LogP contribution in [0.1, 0.15) is 37.1 Å². The van der Waals surface area contributed by atoms with Gasteiger partial charge in [0.25, 0.3) is 0 Å². The molecule has 0 aliphatic rings. The third kappa shape index (κ3) is 3.40. The number of carboxylic acid groups (broad SMARTS) is 1. The quantitative estimate of drug-likeness (QED) is 0.806. The molecule has 2 atom stereocenters. The number of aromatic nitrogens is 4. The number of nitrogens with zero attached hydrogens (tertiary/aromatic N) is 3. The van der Waals surface area contributed by atoms with Crippen LogP contribution < -0.4 is 0 Å². The van der Waals surface area contributed by atoms with Gasteiger partial charge in [-0.05, 0) is 28.8 Å². The highest BCUT2D eigenvalue weighted by Crippen LogP contribution is 2.29. The Balaban J connectivity index is 2.27. The zero-order valence-electron chi connectivity index (χ0n) is 11.4. The SMILES string of the molecule is CCC[C@H](C(=O)O)[C@H](Cc1ccccc1)c1nnn[nH]1. The van der Waals surface area contributed by atoms with Crippen molar-refractivity contribution in [1.82, 2.24) is 20.6 Å². The molecule has 6 heteroatoms. The van der Waals surface area contributed by atoms with Gasteiger partial charge in [0.2, 0.25) is 0 Å². The molecular formula is C14H18N4O2. The number of benzene rings is 1. The maximum Gasteiger partial charge on any atom is 0.307 e. The number of tetrazole rings is 1. The maximum absolute atomic E-state index is 11.5. The molecule has 0 bridgehead atoms. The van der Waals surface area contributed by atoms with E-state index in [9.17, 15) is 9.90 Å². The van der Waals surface area contributed by atoms with Crippen LogP contribution in [0.15, 0.2) is 30.3 Å². The van der Waals surface area contributed by atoms with Crippen LogP contribution >= 0.6 is 0 Å². The molecule has 0 spiro atoms. The number of H-pyrrole nitrogens is 1. The van der Waals surface area contributed by atoms with E-state index in [1.807, 2.05) is 37.3 Å². The van der Waals surface area contributed by atoms with Crippen molar-refractivity contribution in [3.8, 4) is 0 Å². The van der Waals surface area contributed by atoms with Crippen molar-refractivity contribution in [2.24, 2.45) is 5.92 Å². The lowest BCUT2D eigenvalue weighted by Crippen LogP contribution is -2.25. The predicted molar refractivity (Wildman–Crippen MR) is 73.1 cm³/mol. The first-order valence-electron chi connectivity index (χ1n) is 6.72. The molecule has 0 saturated carbocycles. The highest BCUT2D eigenvalue weighted by Gasteiger charge is 2.31. The molecule has 0 fully saturated rings. The van der Waals surface area contributed by atoms with Gasteiger partial charge in [-0.2, -0.15) is 0 Å². The third-order valence-corrected chi connectivity index (χ3v) is 3.41. The Morgan fingerprint density at radius 1 is 1.35 bits per heavy atom. The smallest absolute Gasteiger partial charge is 0.307 e. The molecule has 1 aromatic heterocycles. The summed E-state index contributed by atoms with van der Waals surface area (Å²) in [4.78, 5) is 11.5. The van der Waals surface area contributed by atoms with Gasteiger partial charge in [-0.3, -0.25) is 4.79 Å². The Kier molecular flexibility index (Phi) is 4.81. The first kappa shape index (κ1) is 14.2. The average molecular weight is 274 g/mol. The number of hydrogen-bond acceptors (Lipinski definition) is 4. The summed E-state index contributed by atoms with van der Waals surface area (Å²) >= 11 is 0. The van der Waals surface area contributed by atoms with Crippen LogP contribution in [0.4, 0.5) is 0 Å². The number of carboxylic acids is 1. The van der Waals surface area contributed by atoms with Gasteiger partial charge in [0.15, 0.2) is 5.82 Å². The monoisotopic (exact) mass is 274 g/mol. The van der Waals surface area contributed by atoms with E-state index >= 15 is 0 Å². The van der Waals surface area contributed by atoms with Crippen LogP contribution in [0.3, 0.4) is 0 Å². The van der Waals surface area contributed by atoms with Gasteiger partial charge in [-0.1, -0.05) is 43.7 Å². The van der Waals surface area contributed by atoms with Gasteiger partial charge >= 0.3 is 5.97 Å². The van der Waals surface area contributed by atoms with E-state index in [0.717, 1.165) is 12.0 Å². The zero-order valence-corrected chi connectivity index (χ0v) is 11.4. The Morgan fingerprint density at radius 2 is 2.10 bits per heavy atom. The van der Waals surface area contributed by atoms with E-state index in [2.05, 4.69) is 20.6 Å². The molecule has 6 nitrogen and oxygen atoms in total. The van der Waals surface area contributed by atoms with E-state index in [4.69, 9.17) is 0 Å². The minimum absolute atomic E-state index is 0.246. The number of aromatic amines is 1. The van der Waals surface area contributed by atoms with Crippen molar-refractivity contribution in [2.45, 2.75) is 32.1 Å². The van der Waals surface area contributed by atoms with Gasteiger partial charge in [0.1, 0.15) is 0 Å². The van der Waals surface area contributed by atoms with Crippen LogP contribution in [0.5, 0.6) is 0 Å². The average Bonchev–Trinajstić information content (AvgIpc) is 2.97. The van der Waals surface area contributed by atoms with Crippen LogP contribution in [-0.2, 0) is 11.2 Å². The summed E-state index contributed by atoms with van der Waals surface area (Å²) in [6.07, 6.45) is 2.02. The molecule has 1 heterocycles. The minimum Gasteiger partial charge on any atom is -0.481 e. The number of rotatable bonds is 7. The lowest BCUT2D eigenvalue weighted by molar-refractivity contribution is -0.142. The second-order valence-electron chi connectivity index (χ2n) is 4.82. The second-order valence-corrected chi connectivity index (χ2v) is 4.82. The Hall–Kier alpha value is -2.24. The highest BCUT2D eigenvalue weighted by atomic mass is 16.4. The van der Waals surface area contributed by atoms with E-state index in [0.29, 0.717) is 18.7 Å². The molecule has 0 aliphatic heterocycles. The number of aliphatic carboxylic acids is 1. The summed E-state index contributed by atoms with van der Waals surface area (Å²) in [6.45, 7) is 1.98. The molecule has 0 saturated heterocycles. The molecule has 106 valence electrons. The first-order valence-corrected chi connectivity index (χ1v) is 6.72. The minimum atomic E-state index is -0.802. The summed E-state index contributed by atoms with van der Waals surface area (Å²) < 4.78 is 0. The number of carbonyl (C=O) groups is 1. The largest absolute Gasteiger partial charge is 0.481 e. The van der Waals surface area contributed by atoms with Gasteiger partial charge in [0.05, 0.1) is 5.92 Å². The second kappa shape index (κ2) is 6.79. The van der Waals surface area contributed by atoms with E-state index in [1.165, 1.54) is 0 Å². The van der Waals surface area contributed by atoms with Crippen molar-refractivity contribution in [3.05, 3.63) is 41.7 Å². The molecule has 0 radical (unpaired) electrons. The fraction of sp³-hybridized carbons (Fsp3) is 0.429. The van der Waals surface area contributed by atoms with Crippen molar-refractivity contribution in [1.29, 1.82) is 0 Å². The fourth-order valence-electron chi connectivity index (χ4n) is 2.43. The first-order chi connectivity index (χ1) is 9.72. The van der Waals surface area contributed by atoms with Crippen molar-refractivity contribution < 1.29 is 9.90 Å². The van der Waals surface area contributed by atoms with E-state index in [1.54, 1.807) is 0 Å². The molecule has 0 unspecified atom stereocenters. The molecule has 20 heavy (non-hydrogen) atoms. The Bertz CT molecular complexity index is 527. The fourth-order valence-corrected chi connectivity index (χ4v) is 2.43. The Labute approximate surface area is 117 Å². The number of nitrogens with one attached hydrogen (secondary N) is 1. The van der Waals surface area contributed by atoms with E-state index < -0.39 is 11.9 Å². The molecule has 0 aliphatic carbocycles. The standard InChI is InChI=1S/C14H18N4O2/c1-2-6-11(14(19)20)12(13-15-17-18-16-13)9-10-7-4-3-5-8-10/h3-5,7-8,11-12H,2,6,9H2,1H3,(H,19,20)(H,15,16,17,18)/t11-,12-/m0/s1. The lowest BCUT2D eigenvalue weighted by atomic mass is 9.83. The van der Waals surface area contributed by atoms with Crippen molar-refractivity contribution in [2.75, 3.05) is 0 Å².